The average molecular weight is 433 g/mol. The van der Waals surface area contributed by atoms with E-state index in [4.69, 9.17) is 0 Å². The number of hydrogen-bond donors (Lipinski definition) is 0. The van der Waals surface area contributed by atoms with E-state index in [-0.39, 0.29) is 0 Å². The molecule has 0 radical (unpaired) electrons. The second-order valence-electron chi connectivity index (χ2n) is 7.67. The Kier molecular flexibility index (Phi) is 6.24. The topological polar surface area (TPSA) is 25.8 Å². The molecule has 0 spiro atoms. The molecule has 0 unspecified atom stereocenters. The highest BCUT2D eigenvalue weighted by atomic mass is 14.7. The van der Waals surface area contributed by atoms with Gasteiger partial charge >= 0.3 is 0 Å². The maximum absolute atomic E-state index is 4.53. The van der Waals surface area contributed by atoms with E-state index >= 15 is 0 Å². The van der Waals surface area contributed by atoms with E-state index in [9.17, 15) is 0 Å². The SMILES string of the molecule is C(#Cc1ccc(-c2ccccc2)nc1)c1ccc(C#Cc2ccc(-c3ccccc3)nc2)cc1. The second kappa shape index (κ2) is 10.1. The van der Waals surface area contributed by atoms with E-state index in [0.717, 1.165) is 44.8 Å². The number of nitrogens with zero attached hydrogens (tertiary/aromatic N) is 2. The van der Waals surface area contributed by atoms with Crippen LogP contribution in [0.2, 0.25) is 0 Å². The summed E-state index contributed by atoms with van der Waals surface area (Å²) in [4.78, 5) is 9.05. The summed E-state index contributed by atoms with van der Waals surface area (Å²) in [7, 11) is 0. The first kappa shape index (κ1) is 21.0. The molecule has 0 aliphatic carbocycles. The van der Waals surface area contributed by atoms with Gasteiger partial charge in [0.2, 0.25) is 0 Å². The minimum Gasteiger partial charge on any atom is -0.255 e. The average Bonchev–Trinajstić information content (AvgIpc) is 2.93. The number of rotatable bonds is 2. The molecule has 3 aromatic carbocycles. The van der Waals surface area contributed by atoms with Crippen LogP contribution in [-0.2, 0) is 0 Å². The third-order valence-electron chi connectivity index (χ3n) is 5.25. The van der Waals surface area contributed by atoms with Crippen molar-refractivity contribution in [1.82, 2.24) is 9.97 Å². The molecule has 0 fully saturated rings. The lowest BCUT2D eigenvalue weighted by atomic mass is 10.1. The summed E-state index contributed by atoms with van der Waals surface area (Å²) in [6.45, 7) is 0. The van der Waals surface area contributed by atoms with Gasteiger partial charge in [-0.05, 0) is 48.5 Å². The van der Waals surface area contributed by atoms with Crippen molar-refractivity contribution >= 4 is 0 Å². The van der Waals surface area contributed by atoms with Crippen LogP contribution >= 0.6 is 0 Å². The van der Waals surface area contributed by atoms with Crippen molar-refractivity contribution < 1.29 is 0 Å². The van der Waals surface area contributed by atoms with Crippen molar-refractivity contribution in [2.75, 3.05) is 0 Å². The third-order valence-corrected chi connectivity index (χ3v) is 5.25. The summed E-state index contributed by atoms with van der Waals surface area (Å²) >= 11 is 0. The second-order valence-corrected chi connectivity index (χ2v) is 7.67. The molecule has 0 saturated heterocycles. The Morgan fingerprint density at radius 1 is 0.353 bits per heavy atom. The van der Waals surface area contributed by atoms with Gasteiger partial charge in [-0.25, -0.2) is 0 Å². The minimum atomic E-state index is 0.884. The molecule has 2 aromatic heterocycles. The fourth-order valence-electron chi connectivity index (χ4n) is 3.42. The predicted octanol–water partition coefficient (Wildman–Crippen LogP) is 6.61. The van der Waals surface area contributed by atoms with Gasteiger partial charge in [0, 0.05) is 45.8 Å². The first-order chi connectivity index (χ1) is 16.8. The van der Waals surface area contributed by atoms with Gasteiger partial charge in [0.1, 0.15) is 0 Å². The summed E-state index contributed by atoms with van der Waals surface area (Å²) in [5.74, 6) is 12.7. The van der Waals surface area contributed by atoms with Gasteiger partial charge in [-0.1, -0.05) is 84.3 Å². The Morgan fingerprint density at radius 2 is 0.706 bits per heavy atom. The van der Waals surface area contributed by atoms with Crippen molar-refractivity contribution in [3.63, 3.8) is 0 Å². The summed E-state index contributed by atoms with van der Waals surface area (Å²) in [5, 5.41) is 0. The Morgan fingerprint density at radius 3 is 1.06 bits per heavy atom. The maximum Gasteiger partial charge on any atom is 0.0702 e. The highest BCUT2D eigenvalue weighted by Gasteiger charge is 1.99. The molecule has 2 heterocycles. The van der Waals surface area contributed by atoms with Crippen molar-refractivity contribution in [1.29, 1.82) is 0 Å². The molecule has 34 heavy (non-hydrogen) atoms. The zero-order valence-corrected chi connectivity index (χ0v) is 18.4. The van der Waals surface area contributed by atoms with Crippen molar-refractivity contribution in [3.05, 3.63) is 144 Å². The molecule has 5 rings (SSSR count). The molecule has 158 valence electrons. The van der Waals surface area contributed by atoms with Crippen LogP contribution in [0.25, 0.3) is 22.5 Å². The zero-order chi connectivity index (χ0) is 23.0. The smallest absolute Gasteiger partial charge is 0.0702 e. The molecule has 0 saturated carbocycles. The van der Waals surface area contributed by atoms with Crippen LogP contribution in [0.1, 0.15) is 22.3 Å². The molecular formula is C32H20N2. The van der Waals surface area contributed by atoms with Gasteiger partial charge in [-0.3, -0.25) is 9.97 Å². The van der Waals surface area contributed by atoms with E-state index in [0.29, 0.717) is 0 Å². The summed E-state index contributed by atoms with van der Waals surface area (Å²) < 4.78 is 0. The van der Waals surface area contributed by atoms with Crippen molar-refractivity contribution in [2.24, 2.45) is 0 Å². The van der Waals surface area contributed by atoms with Crippen LogP contribution in [0, 0.1) is 23.7 Å². The molecule has 0 aliphatic heterocycles. The van der Waals surface area contributed by atoms with Gasteiger partial charge < -0.3 is 0 Å². The number of benzene rings is 3. The van der Waals surface area contributed by atoms with Crippen LogP contribution in [0.15, 0.2) is 122 Å². The molecule has 0 bridgehead atoms. The van der Waals surface area contributed by atoms with Crippen LogP contribution in [0.4, 0.5) is 0 Å². The van der Waals surface area contributed by atoms with E-state index in [1.54, 1.807) is 0 Å². The quantitative estimate of drug-likeness (QED) is 0.293. The number of pyridine rings is 2. The van der Waals surface area contributed by atoms with Crippen LogP contribution in [-0.4, -0.2) is 9.97 Å². The monoisotopic (exact) mass is 432 g/mol. The van der Waals surface area contributed by atoms with E-state index in [2.05, 4.69) is 57.9 Å². The number of aromatic nitrogens is 2. The summed E-state index contributed by atoms with van der Waals surface area (Å²) in [6, 6.07) is 36.2. The molecule has 2 heteroatoms. The molecular weight excluding hydrogens is 412 g/mol. The lowest BCUT2D eigenvalue weighted by molar-refractivity contribution is 1.31. The highest BCUT2D eigenvalue weighted by Crippen LogP contribution is 2.17. The maximum atomic E-state index is 4.53. The number of hydrogen-bond acceptors (Lipinski definition) is 2. The zero-order valence-electron chi connectivity index (χ0n) is 18.4. The fourth-order valence-corrected chi connectivity index (χ4v) is 3.42. The van der Waals surface area contributed by atoms with Gasteiger partial charge in [0.25, 0.3) is 0 Å². The van der Waals surface area contributed by atoms with E-state index in [1.807, 2.05) is 97.3 Å². The Bertz CT molecular complexity index is 1380. The lowest BCUT2D eigenvalue weighted by Crippen LogP contribution is -1.85. The molecule has 2 nitrogen and oxygen atoms in total. The van der Waals surface area contributed by atoms with Crippen LogP contribution in [0.3, 0.4) is 0 Å². The Hall–Kier alpha value is -4.92. The normalized spacial score (nSPS) is 9.88. The molecule has 0 N–H and O–H groups in total. The first-order valence-corrected chi connectivity index (χ1v) is 11.0. The van der Waals surface area contributed by atoms with Crippen molar-refractivity contribution in [3.8, 4) is 46.2 Å². The lowest BCUT2D eigenvalue weighted by Gasteiger charge is -2.00. The largest absolute Gasteiger partial charge is 0.255 e. The fraction of sp³-hybridized carbons (Fsp3) is 0. The Labute approximate surface area is 200 Å². The van der Waals surface area contributed by atoms with Gasteiger partial charge in [-0.15, -0.1) is 0 Å². The third kappa shape index (κ3) is 5.28. The molecule has 5 aromatic rings. The van der Waals surface area contributed by atoms with Crippen LogP contribution < -0.4 is 0 Å². The standard InChI is InChI=1S/C32H20N2/c1-3-7-29(8-4-1)31-21-19-27(23-33-31)17-15-25-11-13-26(14-12-25)16-18-28-20-22-32(34-24-28)30-9-5-2-6-10-30/h1-14,19-24H. The summed E-state index contributed by atoms with van der Waals surface area (Å²) in [6.07, 6.45) is 3.62. The highest BCUT2D eigenvalue weighted by molar-refractivity contribution is 5.60. The van der Waals surface area contributed by atoms with Crippen molar-refractivity contribution in [2.45, 2.75) is 0 Å². The molecule has 0 amide bonds. The Balaban J connectivity index is 1.24. The van der Waals surface area contributed by atoms with E-state index < -0.39 is 0 Å². The van der Waals surface area contributed by atoms with Gasteiger partial charge in [0.15, 0.2) is 0 Å². The minimum absolute atomic E-state index is 0.884. The van der Waals surface area contributed by atoms with E-state index in [1.165, 1.54) is 0 Å². The first-order valence-electron chi connectivity index (χ1n) is 11.0. The molecule has 0 aliphatic rings. The van der Waals surface area contributed by atoms with Crippen LogP contribution in [0.5, 0.6) is 0 Å². The molecule has 0 atom stereocenters. The van der Waals surface area contributed by atoms with Gasteiger partial charge in [-0.2, -0.15) is 0 Å². The predicted molar refractivity (Wildman–Crippen MR) is 138 cm³/mol. The summed E-state index contributed by atoms with van der Waals surface area (Å²) in [5.41, 5.74) is 7.73. The van der Waals surface area contributed by atoms with Gasteiger partial charge in [0.05, 0.1) is 11.4 Å².